The summed E-state index contributed by atoms with van der Waals surface area (Å²) >= 11 is 7.40. The molecule has 2 heterocycles. The van der Waals surface area contributed by atoms with Crippen molar-refractivity contribution in [1.29, 1.82) is 0 Å². The number of fused-ring (bicyclic) bond motifs is 1. The lowest BCUT2D eigenvalue weighted by atomic mass is 10.2. The van der Waals surface area contributed by atoms with Gasteiger partial charge in [0.05, 0.1) is 12.2 Å². The Labute approximate surface area is 160 Å². The van der Waals surface area contributed by atoms with Crippen LogP contribution in [0.3, 0.4) is 0 Å². The van der Waals surface area contributed by atoms with Gasteiger partial charge in [0.15, 0.2) is 4.96 Å². The average molecular weight is 391 g/mol. The van der Waals surface area contributed by atoms with Crippen molar-refractivity contribution in [2.75, 3.05) is 18.4 Å². The second-order valence-corrected chi connectivity index (χ2v) is 7.26. The number of hydrogen-bond donors (Lipinski definition) is 1. The minimum absolute atomic E-state index is 0.110. The molecule has 1 amide bonds. The first kappa shape index (κ1) is 18.6. The molecule has 3 aromatic rings. The van der Waals surface area contributed by atoms with Crippen molar-refractivity contribution >= 4 is 39.5 Å². The highest BCUT2D eigenvalue weighted by molar-refractivity contribution is 7.15. The first-order valence-corrected chi connectivity index (χ1v) is 9.46. The number of carbonyl (C=O) groups is 1. The predicted octanol–water partition coefficient (Wildman–Crippen LogP) is 3.18. The molecule has 8 heteroatoms. The summed E-state index contributed by atoms with van der Waals surface area (Å²) in [6, 6.07) is 6.90. The molecule has 0 aliphatic rings. The number of anilines is 1. The third kappa shape index (κ3) is 4.30. The van der Waals surface area contributed by atoms with E-state index in [2.05, 4.69) is 10.3 Å². The molecule has 136 valence electrons. The zero-order chi connectivity index (χ0) is 18.7. The summed E-state index contributed by atoms with van der Waals surface area (Å²) in [6.45, 7) is 5.18. The van der Waals surface area contributed by atoms with Gasteiger partial charge in [0, 0.05) is 34.9 Å². The Kier molecular flexibility index (Phi) is 5.70. The molecule has 0 aliphatic heterocycles. The number of aromatic nitrogens is 2. The predicted molar refractivity (Wildman–Crippen MR) is 105 cm³/mol. The Balaban J connectivity index is 1.69. The Morgan fingerprint density at radius 1 is 1.38 bits per heavy atom. The minimum Gasteiger partial charge on any atom is -0.325 e. The van der Waals surface area contributed by atoms with Crippen LogP contribution in [0.2, 0.25) is 5.02 Å². The maximum Gasteiger partial charge on any atom is 0.258 e. The van der Waals surface area contributed by atoms with Gasteiger partial charge in [-0.2, -0.15) is 0 Å². The van der Waals surface area contributed by atoms with Gasteiger partial charge in [-0.05, 0) is 31.2 Å². The van der Waals surface area contributed by atoms with E-state index < -0.39 is 0 Å². The molecule has 0 bridgehead atoms. The van der Waals surface area contributed by atoms with Gasteiger partial charge in [-0.15, -0.1) is 11.3 Å². The van der Waals surface area contributed by atoms with Crippen molar-refractivity contribution in [2.45, 2.75) is 20.4 Å². The van der Waals surface area contributed by atoms with Crippen LogP contribution < -0.4 is 10.9 Å². The number of thiazole rings is 1. The number of likely N-dealkylation sites (N-methyl/N-ethyl adjacent to an activating group) is 1. The highest BCUT2D eigenvalue weighted by atomic mass is 35.5. The molecule has 6 nitrogen and oxygen atoms in total. The molecule has 1 N–H and O–H groups in total. The van der Waals surface area contributed by atoms with Crippen molar-refractivity contribution in [3.05, 3.63) is 62.5 Å². The zero-order valence-corrected chi connectivity index (χ0v) is 16.1. The Morgan fingerprint density at radius 2 is 2.19 bits per heavy atom. The van der Waals surface area contributed by atoms with E-state index in [-0.39, 0.29) is 18.0 Å². The smallest absolute Gasteiger partial charge is 0.258 e. The number of hydrogen-bond acceptors (Lipinski definition) is 5. The van der Waals surface area contributed by atoms with E-state index in [1.807, 2.05) is 30.2 Å². The van der Waals surface area contributed by atoms with Gasteiger partial charge in [0.25, 0.3) is 5.56 Å². The number of nitrogens with zero attached hydrogens (tertiary/aromatic N) is 3. The maximum atomic E-state index is 12.4. The van der Waals surface area contributed by atoms with Crippen LogP contribution in [0.5, 0.6) is 0 Å². The van der Waals surface area contributed by atoms with Crippen LogP contribution in [-0.2, 0) is 11.3 Å². The molecule has 26 heavy (non-hydrogen) atoms. The summed E-state index contributed by atoms with van der Waals surface area (Å²) in [4.78, 5) is 31.6. The molecule has 1 aromatic carbocycles. The zero-order valence-electron chi connectivity index (χ0n) is 14.5. The van der Waals surface area contributed by atoms with Gasteiger partial charge in [0.1, 0.15) is 0 Å². The molecule has 0 saturated heterocycles. The van der Waals surface area contributed by atoms with Crippen LogP contribution in [0.4, 0.5) is 5.69 Å². The number of rotatable bonds is 6. The molecule has 0 atom stereocenters. The molecular formula is C18H19ClN4O2S. The molecule has 3 rings (SSSR count). The second-order valence-electron chi connectivity index (χ2n) is 5.95. The topological polar surface area (TPSA) is 66.7 Å². The molecule has 0 saturated carbocycles. The molecular weight excluding hydrogens is 372 g/mol. The summed E-state index contributed by atoms with van der Waals surface area (Å²) in [6.07, 6.45) is 1.71. The van der Waals surface area contributed by atoms with Crippen molar-refractivity contribution in [3.8, 4) is 0 Å². The van der Waals surface area contributed by atoms with Crippen molar-refractivity contribution in [3.63, 3.8) is 0 Å². The highest BCUT2D eigenvalue weighted by Crippen LogP contribution is 2.20. The largest absolute Gasteiger partial charge is 0.325 e. The van der Waals surface area contributed by atoms with Crippen LogP contribution in [0, 0.1) is 6.92 Å². The number of nitrogens with one attached hydrogen (secondary N) is 1. The van der Waals surface area contributed by atoms with Gasteiger partial charge in [-0.25, -0.2) is 4.98 Å². The lowest BCUT2D eigenvalue weighted by molar-refractivity contribution is -0.117. The Morgan fingerprint density at radius 3 is 2.96 bits per heavy atom. The Bertz CT molecular complexity index is 998. The number of halogens is 1. The molecule has 0 aliphatic carbocycles. The van der Waals surface area contributed by atoms with E-state index in [1.165, 1.54) is 21.8 Å². The van der Waals surface area contributed by atoms with Gasteiger partial charge in [-0.1, -0.05) is 24.6 Å². The summed E-state index contributed by atoms with van der Waals surface area (Å²) in [5.41, 5.74) is 2.20. The summed E-state index contributed by atoms with van der Waals surface area (Å²) in [5, 5.41) is 5.29. The van der Waals surface area contributed by atoms with Gasteiger partial charge < -0.3 is 5.32 Å². The van der Waals surface area contributed by atoms with Crippen LogP contribution in [0.15, 0.2) is 40.6 Å². The number of carbonyl (C=O) groups excluding carboxylic acids is 1. The molecule has 0 radical (unpaired) electrons. The van der Waals surface area contributed by atoms with Crippen LogP contribution in [0.25, 0.3) is 4.96 Å². The highest BCUT2D eigenvalue weighted by Gasteiger charge is 2.13. The van der Waals surface area contributed by atoms with Gasteiger partial charge in [-0.3, -0.25) is 18.9 Å². The van der Waals surface area contributed by atoms with Gasteiger partial charge in [0.2, 0.25) is 5.91 Å². The van der Waals surface area contributed by atoms with Crippen LogP contribution in [0.1, 0.15) is 18.2 Å². The fourth-order valence-electron chi connectivity index (χ4n) is 2.60. The fourth-order valence-corrected chi connectivity index (χ4v) is 3.51. The normalized spacial score (nSPS) is 11.2. The average Bonchev–Trinajstić information content (AvgIpc) is 3.06. The van der Waals surface area contributed by atoms with Crippen molar-refractivity contribution in [1.82, 2.24) is 14.3 Å². The molecule has 2 aromatic heterocycles. The molecule has 0 spiro atoms. The number of benzene rings is 1. The van der Waals surface area contributed by atoms with E-state index in [1.54, 1.807) is 18.3 Å². The monoisotopic (exact) mass is 390 g/mol. The molecule has 0 unspecified atom stereocenters. The maximum absolute atomic E-state index is 12.4. The summed E-state index contributed by atoms with van der Waals surface area (Å²) in [7, 11) is 0. The fraction of sp³-hybridized carbons (Fsp3) is 0.278. The van der Waals surface area contributed by atoms with Crippen LogP contribution >= 0.6 is 22.9 Å². The third-order valence-corrected chi connectivity index (χ3v) is 5.02. The first-order chi connectivity index (χ1) is 12.5. The van der Waals surface area contributed by atoms with Gasteiger partial charge >= 0.3 is 0 Å². The van der Waals surface area contributed by atoms with E-state index in [0.29, 0.717) is 34.5 Å². The lowest BCUT2D eigenvalue weighted by Crippen LogP contribution is -2.33. The Hall–Kier alpha value is -2.22. The second kappa shape index (κ2) is 7.99. The number of amides is 1. The number of aryl methyl sites for hydroxylation is 1. The quantitative estimate of drug-likeness (QED) is 0.702. The van der Waals surface area contributed by atoms with Crippen LogP contribution in [-0.4, -0.2) is 33.3 Å². The van der Waals surface area contributed by atoms with E-state index in [0.717, 1.165) is 5.56 Å². The van der Waals surface area contributed by atoms with E-state index >= 15 is 0 Å². The standard InChI is InChI=1S/C18H19ClN4O2S/c1-3-22(10-14-9-17(25)23-6-7-26-18(23)20-14)11-16(24)21-15-8-13(19)5-4-12(15)2/h4-9H,3,10-11H2,1-2H3,(H,21,24). The van der Waals surface area contributed by atoms with E-state index in [9.17, 15) is 9.59 Å². The first-order valence-electron chi connectivity index (χ1n) is 8.20. The summed E-state index contributed by atoms with van der Waals surface area (Å²) < 4.78 is 1.51. The third-order valence-electron chi connectivity index (χ3n) is 4.03. The lowest BCUT2D eigenvalue weighted by Gasteiger charge is -2.19. The molecule has 0 fully saturated rings. The van der Waals surface area contributed by atoms with Crippen molar-refractivity contribution < 1.29 is 4.79 Å². The van der Waals surface area contributed by atoms with Crippen molar-refractivity contribution in [2.24, 2.45) is 0 Å². The minimum atomic E-state index is -0.133. The SMILES string of the molecule is CCN(CC(=O)Nc1cc(Cl)ccc1C)Cc1cc(=O)n2ccsc2n1. The van der Waals surface area contributed by atoms with E-state index in [4.69, 9.17) is 11.6 Å². The summed E-state index contributed by atoms with van der Waals surface area (Å²) in [5.74, 6) is -0.133.